The average molecular weight is 317 g/mol. The van der Waals surface area contributed by atoms with Crippen LogP contribution in [0.25, 0.3) is 0 Å². The molecule has 1 aromatic carbocycles. The molecule has 0 radical (unpaired) electrons. The van der Waals surface area contributed by atoms with E-state index in [-0.39, 0.29) is 11.4 Å². The number of rotatable bonds is 4. The summed E-state index contributed by atoms with van der Waals surface area (Å²) in [6.07, 6.45) is 4.54. The van der Waals surface area contributed by atoms with E-state index in [0.29, 0.717) is 35.5 Å². The lowest BCUT2D eigenvalue weighted by atomic mass is 9.97. The standard InChI is InChI=1S/C14H17ClO4S/c1-20(17,18)13-4-2-3-12(8-13)19-14-6-5-11(15)7-10(14)9-16/h5-7,9,12-13H,2-4,8H2,1H3. The maximum atomic E-state index is 11.6. The van der Waals surface area contributed by atoms with E-state index in [4.69, 9.17) is 16.3 Å². The Morgan fingerprint density at radius 3 is 2.75 bits per heavy atom. The fourth-order valence-corrected chi connectivity index (χ4v) is 3.84. The maximum Gasteiger partial charge on any atom is 0.153 e. The van der Waals surface area contributed by atoms with E-state index in [1.54, 1.807) is 18.2 Å². The molecule has 0 spiro atoms. The number of benzene rings is 1. The second-order valence-electron chi connectivity index (χ2n) is 5.16. The fourth-order valence-electron chi connectivity index (χ4n) is 2.50. The highest BCUT2D eigenvalue weighted by Gasteiger charge is 2.30. The molecule has 1 aliphatic carbocycles. The molecule has 1 aromatic rings. The van der Waals surface area contributed by atoms with Gasteiger partial charge in [-0.05, 0) is 37.5 Å². The van der Waals surface area contributed by atoms with Crippen LogP contribution < -0.4 is 4.74 Å². The van der Waals surface area contributed by atoms with Crippen molar-refractivity contribution in [2.45, 2.75) is 37.0 Å². The molecule has 110 valence electrons. The lowest BCUT2D eigenvalue weighted by molar-refractivity contribution is 0.111. The number of hydrogen-bond acceptors (Lipinski definition) is 4. The first-order valence-electron chi connectivity index (χ1n) is 6.50. The Labute approximate surface area is 124 Å². The average Bonchev–Trinajstić information content (AvgIpc) is 2.40. The van der Waals surface area contributed by atoms with E-state index < -0.39 is 9.84 Å². The van der Waals surface area contributed by atoms with Crippen molar-refractivity contribution in [3.05, 3.63) is 28.8 Å². The number of halogens is 1. The Bertz CT molecular complexity index is 597. The van der Waals surface area contributed by atoms with Crippen LogP contribution in [0, 0.1) is 0 Å². The van der Waals surface area contributed by atoms with Crippen molar-refractivity contribution in [2.24, 2.45) is 0 Å². The molecular formula is C14H17ClO4S. The van der Waals surface area contributed by atoms with Gasteiger partial charge in [-0.15, -0.1) is 0 Å². The molecule has 4 nitrogen and oxygen atoms in total. The summed E-state index contributed by atoms with van der Waals surface area (Å²) >= 11 is 5.83. The molecule has 0 bridgehead atoms. The summed E-state index contributed by atoms with van der Waals surface area (Å²) in [6, 6.07) is 4.84. The first-order chi connectivity index (χ1) is 9.40. The van der Waals surface area contributed by atoms with E-state index >= 15 is 0 Å². The number of aldehydes is 1. The quantitative estimate of drug-likeness (QED) is 0.801. The zero-order valence-electron chi connectivity index (χ0n) is 11.2. The van der Waals surface area contributed by atoms with Crippen molar-refractivity contribution >= 4 is 27.7 Å². The monoisotopic (exact) mass is 316 g/mol. The Morgan fingerprint density at radius 2 is 2.10 bits per heavy atom. The summed E-state index contributed by atoms with van der Waals surface area (Å²) in [6.45, 7) is 0. The predicted molar refractivity (Wildman–Crippen MR) is 78.4 cm³/mol. The summed E-state index contributed by atoms with van der Waals surface area (Å²) in [4.78, 5) is 11.0. The summed E-state index contributed by atoms with van der Waals surface area (Å²) in [7, 11) is -3.04. The third-order valence-electron chi connectivity index (χ3n) is 3.58. The van der Waals surface area contributed by atoms with Gasteiger partial charge in [0.1, 0.15) is 15.6 Å². The number of sulfone groups is 1. The minimum Gasteiger partial charge on any atom is -0.490 e. The van der Waals surface area contributed by atoms with Crippen LogP contribution in [0.2, 0.25) is 5.02 Å². The first kappa shape index (κ1) is 15.3. The zero-order valence-corrected chi connectivity index (χ0v) is 12.8. The fraction of sp³-hybridized carbons (Fsp3) is 0.500. The largest absolute Gasteiger partial charge is 0.490 e. The molecule has 1 aliphatic rings. The van der Waals surface area contributed by atoms with Gasteiger partial charge in [0.25, 0.3) is 0 Å². The van der Waals surface area contributed by atoms with Gasteiger partial charge < -0.3 is 4.74 Å². The second-order valence-corrected chi connectivity index (χ2v) is 7.92. The van der Waals surface area contributed by atoms with Crippen molar-refractivity contribution in [3.63, 3.8) is 0 Å². The van der Waals surface area contributed by atoms with Gasteiger partial charge >= 0.3 is 0 Å². The molecule has 0 heterocycles. The number of carbonyl (C=O) groups excluding carboxylic acids is 1. The van der Waals surface area contributed by atoms with Gasteiger partial charge in [-0.3, -0.25) is 4.79 Å². The van der Waals surface area contributed by atoms with Crippen molar-refractivity contribution in [1.82, 2.24) is 0 Å². The van der Waals surface area contributed by atoms with Crippen LogP contribution in [0.15, 0.2) is 18.2 Å². The molecule has 0 aliphatic heterocycles. The first-order valence-corrected chi connectivity index (χ1v) is 8.83. The minimum absolute atomic E-state index is 0.177. The van der Waals surface area contributed by atoms with Crippen molar-refractivity contribution in [1.29, 1.82) is 0 Å². The summed E-state index contributed by atoms with van der Waals surface area (Å²) in [5.74, 6) is 0.462. The van der Waals surface area contributed by atoms with Crippen LogP contribution in [-0.2, 0) is 9.84 Å². The van der Waals surface area contributed by atoms with Crippen LogP contribution in [-0.4, -0.2) is 32.3 Å². The molecule has 2 atom stereocenters. The van der Waals surface area contributed by atoms with E-state index in [2.05, 4.69) is 0 Å². The van der Waals surface area contributed by atoms with E-state index in [1.807, 2.05) is 0 Å². The number of carbonyl (C=O) groups is 1. The van der Waals surface area contributed by atoms with Gasteiger partial charge in [-0.25, -0.2) is 8.42 Å². The van der Waals surface area contributed by atoms with Gasteiger partial charge in [0.05, 0.1) is 16.9 Å². The molecule has 0 saturated heterocycles. The van der Waals surface area contributed by atoms with Gasteiger partial charge in [0.2, 0.25) is 0 Å². The molecule has 0 amide bonds. The summed E-state index contributed by atoms with van der Waals surface area (Å²) < 4.78 is 29.0. The molecule has 1 fully saturated rings. The van der Waals surface area contributed by atoms with Crippen molar-refractivity contribution in [2.75, 3.05) is 6.26 Å². The molecule has 6 heteroatoms. The van der Waals surface area contributed by atoms with Crippen LogP contribution in [0.5, 0.6) is 5.75 Å². The topological polar surface area (TPSA) is 60.4 Å². The summed E-state index contributed by atoms with van der Waals surface area (Å²) in [5.41, 5.74) is 0.388. The molecule has 0 aromatic heterocycles. The van der Waals surface area contributed by atoms with Gasteiger partial charge in [-0.2, -0.15) is 0 Å². The molecule has 0 N–H and O–H groups in total. The van der Waals surface area contributed by atoms with Crippen LogP contribution in [0.4, 0.5) is 0 Å². The van der Waals surface area contributed by atoms with Crippen LogP contribution >= 0.6 is 11.6 Å². The molecule has 20 heavy (non-hydrogen) atoms. The molecule has 2 unspecified atom stereocenters. The normalized spacial score (nSPS) is 23.3. The Balaban J connectivity index is 2.12. The molecule has 1 saturated carbocycles. The van der Waals surface area contributed by atoms with Gasteiger partial charge in [-0.1, -0.05) is 11.6 Å². The van der Waals surface area contributed by atoms with Crippen molar-refractivity contribution in [3.8, 4) is 5.75 Å². The Morgan fingerprint density at radius 1 is 1.35 bits per heavy atom. The SMILES string of the molecule is CS(=O)(=O)C1CCCC(Oc2ccc(Cl)cc2C=O)C1. The van der Waals surface area contributed by atoms with Crippen molar-refractivity contribution < 1.29 is 17.9 Å². The van der Waals surface area contributed by atoms with E-state index in [0.717, 1.165) is 12.8 Å². The van der Waals surface area contributed by atoms with Gasteiger partial charge in [0, 0.05) is 17.7 Å². The van der Waals surface area contributed by atoms with E-state index in [1.165, 1.54) is 6.26 Å². The van der Waals surface area contributed by atoms with E-state index in [9.17, 15) is 13.2 Å². The Hall–Kier alpha value is -1.07. The molecular weight excluding hydrogens is 300 g/mol. The summed E-state index contributed by atoms with van der Waals surface area (Å²) in [5, 5.41) is 0.116. The number of ether oxygens (including phenoxy) is 1. The Kier molecular flexibility index (Phi) is 4.70. The van der Waals surface area contributed by atoms with Crippen LogP contribution in [0.3, 0.4) is 0 Å². The number of hydrogen-bond donors (Lipinski definition) is 0. The lowest BCUT2D eigenvalue weighted by Gasteiger charge is -2.28. The minimum atomic E-state index is -3.04. The zero-order chi connectivity index (χ0) is 14.8. The maximum absolute atomic E-state index is 11.6. The third-order valence-corrected chi connectivity index (χ3v) is 5.45. The highest BCUT2D eigenvalue weighted by Crippen LogP contribution is 2.29. The lowest BCUT2D eigenvalue weighted by Crippen LogP contribution is -2.33. The third kappa shape index (κ3) is 3.73. The predicted octanol–water partition coefficient (Wildman–Crippen LogP) is 2.89. The highest BCUT2D eigenvalue weighted by molar-refractivity contribution is 7.91. The highest BCUT2D eigenvalue weighted by atomic mass is 35.5. The smallest absolute Gasteiger partial charge is 0.153 e. The molecule has 2 rings (SSSR count). The second kappa shape index (κ2) is 6.14. The van der Waals surface area contributed by atoms with Gasteiger partial charge in [0.15, 0.2) is 6.29 Å². The van der Waals surface area contributed by atoms with Crippen LogP contribution in [0.1, 0.15) is 36.0 Å².